The Labute approximate surface area is 169 Å². The molecule has 0 unspecified atom stereocenters. The van der Waals surface area contributed by atoms with Gasteiger partial charge in [0.15, 0.2) is 0 Å². The van der Waals surface area contributed by atoms with Gasteiger partial charge in [0.1, 0.15) is 5.75 Å². The molecule has 1 heterocycles. The molecule has 1 N–H and O–H groups in total. The fourth-order valence-electron chi connectivity index (χ4n) is 2.94. The van der Waals surface area contributed by atoms with E-state index in [0.717, 1.165) is 38.4 Å². The van der Waals surface area contributed by atoms with Crippen LogP contribution in [-0.2, 0) is 4.79 Å². The number of carbonyl (C=O) groups excluding carboxylic acids is 1. The number of hydrogen-bond acceptors (Lipinski definition) is 5. The van der Waals surface area contributed by atoms with Gasteiger partial charge in [0.05, 0.1) is 24.6 Å². The van der Waals surface area contributed by atoms with Crippen LogP contribution in [0.1, 0.15) is 22.4 Å². The maximum absolute atomic E-state index is 12.2. The molecule has 0 aliphatic carbocycles. The third-order valence-electron chi connectivity index (χ3n) is 4.22. The number of amides is 1. The Bertz CT molecular complexity index is 1030. The van der Waals surface area contributed by atoms with Crippen LogP contribution in [0.15, 0.2) is 52.5 Å². The Kier molecular flexibility index (Phi) is 6.31. The van der Waals surface area contributed by atoms with Crippen LogP contribution in [-0.4, -0.2) is 30.0 Å². The topological polar surface area (TPSA) is 63.6 Å². The van der Waals surface area contributed by atoms with Crippen LogP contribution < -0.4 is 10.2 Å². The van der Waals surface area contributed by atoms with Crippen LogP contribution in [0.3, 0.4) is 0 Å². The van der Waals surface area contributed by atoms with Crippen molar-refractivity contribution in [2.75, 3.05) is 12.9 Å². The van der Waals surface area contributed by atoms with Crippen molar-refractivity contribution < 1.29 is 9.53 Å². The van der Waals surface area contributed by atoms with Crippen LogP contribution >= 0.6 is 11.8 Å². The van der Waals surface area contributed by atoms with E-state index in [1.807, 2.05) is 37.3 Å². The molecule has 28 heavy (non-hydrogen) atoms. The Balaban J connectivity index is 1.65. The van der Waals surface area contributed by atoms with E-state index in [1.165, 1.54) is 17.3 Å². The van der Waals surface area contributed by atoms with Gasteiger partial charge in [-0.25, -0.2) is 5.43 Å². The quantitative estimate of drug-likeness (QED) is 0.383. The number of benzene rings is 2. The Morgan fingerprint density at radius 1 is 1.18 bits per heavy atom. The average Bonchev–Trinajstić information content (AvgIpc) is 2.67. The molecular weight excluding hydrogens is 370 g/mol. The van der Waals surface area contributed by atoms with Crippen molar-refractivity contribution in [3.63, 3.8) is 0 Å². The molecular formula is C22H23N3O2S. The predicted molar refractivity (Wildman–Crippen MR) is 115 cm³/mol. The monoisotopic (exact) mass is 393 g/mol. The van der Waals surface area contributed by atoms with Crippen molar-refractivity contribution in [2.45, 2.75) is 25.7 Å². The highest BCUT2D eigenvalue weighted by molar-refractivity contribution is 8.00. The third kappa shape index (κ3) is 4.89. The van der Waals surface area contributed by atoms with E-state index in [0.29, 0.717) is 0 Å². The lowest BCUT2D eigenvalue weighted by Gasteiger charge is -2.10. The van der Waals surface area contributed by atoms with Crippen molar-refractivity contribution in [3.05, 3.63) is 64.8 Å². The first-order chi connectivity index (χ1) is 13.5. The molecule has 5 nitrogen and oxygen atoms in total. The fourth-order valence-corrected chi connectivity index (χ4v) is 3.85. The molecule has 1 amide bonds. The number of nitrogens with zero attached hydrogens (tertiary/aromatic N) is 2. The van der Waals surface area contributed by atoms with Crippen LogP contribution in [0.2, 0.25) is 0 Å². The zero-order valence-corrected chi connectivity index (χ0v) is 17.3. The lowest BCUT2D eigenvalue weighted by atomic mass is 10.1. The van der Waals surface area contributed by atoms with Crippen LogP contribution in [0.25, 0.3) is 10.9 Å². The summed E-state index contributed by atoms with van der Waals surface area (Å²) in [6, 6.07) is 13.7. The molecule has 0 radical (unpaired) electrons. The molecule has 0 bridgehead atoms. The van der Waals surface area contributed by atoms with Crippen LogP contribution in [0.5, 0.6) is 5.75 Å². The summed E-state index contributed by atoms with van der Waals surface area (Å²) in [5.41, 5.74) is 7.73. The molecule has 0 fully saturated rings. The van der Waals surface area contributed by atoms with Gasteiger partial charge in [0.25, 0.3) is 0 Å². The summed E-state index contributed by atoms with van der Waals surface area (Å²) in [6.07, 6.45) is 1.61. The maximum atomic E-state index is 12.2. The number of carbonyl (C=O) groups is 1. The molecule has 0 atom stereocenters. The zero-order valence-electron chi connectivity index (χ0n) is 16.4. The number of aromatic nitrogens is 1. The highest BCUT2D eigenvalue weighted by Crippen LogP contribution is 2.30. The number of nitrogens with one attached hydrogen (secondary N) is 1. The van der Waals surface area contributed by atoms with Gasteiger partial charge in [-0.05, 0) is 68.3 Å². The second kappa shape index (κ2) is 8.89. The predicted octanol–water partition coefficient (Wildman–Crippen LogP) is 4.41. The lowest BCUT2D eigenvalue weighted by molar-refractivity contribution is -0.118. The number of thioether (sulfide) groups is 1. The minimum Gasteiger partial charge on any atom is -0.497 e. The Morgan fingerprint density at radius 3 is 2.64 bits per heavy atom. The second-order valence-corrected chi connectivity index (χ2v) is 7.61. The zero-order chi connectivity index (χ0) is 20.1. The van der Waals surface area contributed by atoms with Crippen LogP contribution in [0, 0.1) is 20.8 Å². The maximum Gasteiger partial charge on any atom is 0.250 e. The Morgan fingerprint density at radius 2 is 1.93 bits per heavy atom. The van der Waals surface area contributed by atoms with E-state index < -0.39 is 0 Å². The van der Waals surface area contributed by atoms with Gasteiger partial charge in [0.2, 0.25) is 5.91 Å². The van der Waals surface area contributed by atoms with Gasteiger partial charge in [-0.2, -0.15) is 5.10 Å². The number of rotatable bonds is 6. The number of hydrazone groups is 1. The largest absolute Gasteiger partial charge is 0.497 e. The molecule has 0 saturated carbocycles. The molecule has 144 valence electrons. The van der Waals surface area contributed by atoms with Gasteiger partial charge in [-0.3, -0.25) is 9.78 Å². The summed E-state index contributed by atoms with van der Waals surface area (Å²) in [5, 5.41) is 5.11. The molecule has 6 heteroatoms. The molecule has 0 aliphatic rings. The van der Waals surface area contributed by atoms with Crippen LogP contribution in [0.4, 0.5) is 0 Å². The molecule has 0 saturated heterocycles. The van der Waals surface area contributed by atoms with E-state index >= 15 is 0 Å². The summed E-state index contributed by atoms with van der Waals surface area (Å²) >= 11 is 1.50. The number of methoxy groups -OCH3 is 1. The number of hydrogen-bond donors (Lipinski definition) is 1. The van der Waals surface area contributed by atoms with E-state index in [9.17, 15) is 4.79 Å². The first kappa shape index (κ1) is 19.9. The lowest BCUT2D eigenvalue weighted by Crippen LogP contribution is -2.19. The number of ether oxygens (including phenoxy) is 1. The highest BCUT2D eigenvalue weighted by atomic mass is 32.2. The van der Waals surface area contributed by atoms with Crippen molar-refractivity contribution >= 4 is 34.8 Å². The van der Waals surface area contributed by atoms with Crippen molar-refractivity contribution in [2.24, 2.45) is 5.10 Å². The van der Waals surface area contributed by atoms with E-state index in [-0.39, 0.29) is 11.7 Å². The molecule has 0 spiro atoms. The normalized spacial score (nSPS) is 11.1. The summed E-state index contributed by atoms with van der Waals surface area (Å²) in [5.74, 6) is 0.913. The van der Waals surface area contributed by atoms with Gasteiger partial charge < -0.3 is 4.74 Å². The molecule has 3 rings (SSSR count). The first-order valence-electron chi connectivity index (χ1n) is 8.93. The summed E-state index contributed by atoms with van der Waals surface area (Å²) in [4.78, 5) is 17.9. The molecule has 1 aromatic heterocycles. The van der Waals surface area contributed by atoms with Crippen molar-refractivity contribution in [1.82, 2.24) is 10.4 Å². The smallest absolute Gasteiger partial charge is 0.250 e. The minimum absolute atomic E-state index is 0.151. The Hall–Kier alpha value is -2.86. The SMILES string of the molecule is COc1ccc(/C=N\NC(=O)CSc2cc(C)nc3c(C)cc(C)cc23)cc1. The minimum atomic E-state index is -0.151. The van der Waals surface area contributed by atoms with E-state index in [4.69, 9.17) is 4.74 Å². The van der Waals surface area contributed by atoms with Crippen molar-refractivity contribution in [1.29, 1.82) is 0 Å². The highest BCUT2D eigenvalue weighted by Gasteiger charge is 2.10. The molecule has 2 aromatic carbocycles. The summed E-state index contributed by atoms with van der Waals surface area (Å²) < 4.78 is 5.12. The van der Waals surface area contributed by atoms with E-state index in [1.54, 1.807) is 13.3 Å². The van der Waals surface area contributed by atoms with Gasteiger partial charge in [-0.1, -0.05) is 11.6 Å². The summed E-state index contributed by atoms with van der Waals surface area (Å²) in [6.45, 7) is 6.11. The number of fused-ring (bicyclic) bond motifs is 1. The standard InChI is InChI=1S/C22H23N3O2S/c1-14-9-15(2)22-19(10-14)20(11-16(3)24-22)28-13-21(26)25-23-12-17-5-7-18(27-4)8-6-17/h5-12H,13H2,1-4H3,(H,25,26)/b23-12-. The van der Waals surface area contributed by atoms with Crippen molar-refractivity contribution in [3.8, 4) is 5.75 Å². The number of pyridine rings is 1. The second-order valence-electron chi connectivity index (χ2n) is 6.59. The fraction of sp³-hybridized carbons (Fsp3) is 0.227. The van der Waals surface area contributed by atoms with Gasteiger partial charge >= 0.3 is 0 Å². The molecule has 3 aromatic rings. The van der Waals surface area contributed by atoms with E-state index in [2.05, 4.69) is 41.5 Å². The van der Waals surface area contributed by atoms with Gasteiger partial charge in [-0.15, -0.1) is 11.8 Å². The molecule has 0 aliphatic heterocycles. The third-order valence-corrected chi connectivity index (χ3v) is 5.27. The first-order valence-corrected chi connectivity index (χ1v) is 9.92. The van der Waals surface area contributed by atoms with Gasteiger partial charge in [0, 0.05) is 16.0 Å². The number of aryl methyl sites for hydroxylation is 3. The summed E-state index contributed by atoms with van der Waals surface area (Å²) in [7, 11) is 1.62. The average molecular weight is 394 g/mol.